The average Bonchev–Trinajstić information content (AvgIpc) is 2.45. The molecule has 1 heterocycles. The van der Waals surface area contributed by atoms with Gasteiger partial charge in [-0.2, -0.15) is 0 Å². The van der Waals surface area contributed by atoms with Crippen molar-refractivity contribution in [3.63, 3.8) is 0 Å². The summed E-state index contributed by atoms with van der Waals surface area (Å²) in [5.74, 6) is 0. The summed E-state index contributed by atoms with van der Waals surface area (Å²) in [4.78, 5) is 0. The van der Waals surface area contributed by atoms with Crippen LogP contribution in [0.1, 0.15) is 19.0 Å². The predicted molar refractivity (Wildman–Crippen MR) is 49.0 cm³/mol. The van der Waals surface area contributed by atoms with E-state index < -0.39 is 0 Å². The fourth-order valence-electron chi connectivity index (χ4n) is 0.998. The van der Waals surface area contributed by atoms with Gasteiger partial charge in [0.25, 0.3) is 0 Å². The van der Waals surface area contributed by atoms with E-state index >= 15 is 0 Å². The minimum Gasteiger partial charge on any atom is -0.393 e. The molecule has 0 fully saturated rings. The molecule has 0 aliphatic carbocycles. The van der Waals surface area contributed by atoms with Gasteiger partial charge in [-0.3, -0.25) is 4.68 Å². The maximum Gasteiger partial charge on any atom is 0.0738 e. The highest BCUT2D eigenvalue weighted by atomic mass is 16.3. The molecule has 0 radical (unpaired) electrons. The topological polar surface area (TPSA) is 63.0 Å². The van der Waals surface area contributed by atoms with E-state index in [-0.39, 0.29) is 6.10 Å². The van der Waals surface area contributed by atoms with Gasteiger partial charge in [-0.15, -0.1) is 5.10 Å². The number of hydrogen-bond donors (Lipinski definition) is 2. The first kappa shape index (κ1) is 10.1. The molecule has 0 aliphatic heterocycles. The quantitative estimate of drug-likeness (QED) is 0.615. The van der Waals surface area contributed by atoms with Crippen molar-refractivity contribution in [3.8, 4) is 0 Å². The fraction of sp³-hybridized carbons (Fsp3) is 0.750. The van der Waals surface area contributed by atoms with Crippen LogP contribution in [-0.2, 0) is 13.6 Å². The highest BCUT2D eigenvalue weighted by molar-refractivity contribution is 4.91. The van der Waals surface area contributed by atoms with Crippen molar-refractivity contribution in [3.05, 3.63) is 11.9 Å². The number of aliphatic hydroxyl groups excluding tert-OH is 1. The Morgan fingerprint density at radius 1 is 1.69 bits per heavy atom. The van der Waals surface area contributed by atoms with E-state index in [1.54, 1.807) is 17.8 Å². The highest BCUT2D eigenvalue weighted by Crippen LogP contribution is 1.92. The van der Waals surface area contributed by atoms with E-state index in [1.165, 1.54) is 0 Å². The monoisotopic (exact) mass is 184 g/mol. The summed E-state index contributed by atoms with van der Waals surface area (Å²) in [5.41, 5.74) is 1.05. The molecule has 1 rings (SSSR count). The minimum absolute atomic E-state index is 0.239. The Kier molecular flexibility index (Phi) is 3.85. The van der Waals surface area contributed by atoms with Crippen molar-refractivity contribution in [1.29, 1.82) is 0 Å². The van der Waals surface area contributed by atoms with Gasteiger partial charge in [0, 0.05) is 13.6 Å². The molecule has 0 bridgehead atoms. The molecule has 5 heteroatoms. The predicted octanol–water partition coefficient (Wildman–Crippen LogP) is -0.324. The van der Waals surface area contributed by atoms with Gasteiger partial charge in [-0.1, -0.05) is 5.21 Å². The van der Waals surface area contributed by atoms with Gasteiger partial charge in [0.2, 0.25) is 0 Å². The Labute approximate surface area is 77.8 Å². The van der Waals surface area contributed by atoms with Crippen LogP contribution in [0.4, 0.5) is 0 Å². The van der Waals surface area contributed by atoms with Crippen molar-refractivity contribution < 1.29 is 5.11 Å². The molecule has 1 aromatic heterocycles. The lowest BCUT2D eigenvalue weighted by atomic mass is 10.3. The van der Waals surface area contributed by atoms with Gasteiger partial charge in [0.1, 0.15) is 0 Å². The van der Waals surface area contributed by atoms with Gasteiger partial charge in [-0.25, -0.2) is 0 Å². The summed E-state index contributed by atoms with van der Waals surface area (Å²) in [6.07, 6.45) is 2.26. The molecule has 13 heavy (non-hydrogen) atoms. The van der Waals surface area contributed by atoms with Crippen LogP contribution in [0, 0.1) is 0 Å². The lowest BCUT2D eigenvalue weighted by Gasteiger charge is -2.05. The van der Waals surface area contributed by atoms with Gasteiger partial charge in [0.05, 0.1) is 18.0 Å². The van der Waals surface area contributed by atoms with Crippen molar-refractivity contribution in [2.24, 2.45) is 7.05 Å². The van der Waals surface area contributed by atoms with Crippen LogP contribution >= 0.6 is 0 Å². The van der Waals surface area contributed by atoms with Crippen LogP contribution in [-0.4, -0.2) is 32.7 Å². The molecule has 2 N–H and O–H groups in total. The molecule has 0 saturated carbocycles. The van der Waals surface area contributed by atoms with Crippen LogP contribution < -0.4 is 5.32 Å². The zero-order valence-corrected chi connectivity index (χ0v) is 8.06. The molecule has 5 nitrogen and oxygen atoms in total. The molecule has 1 atom stereocenters. The molecule has 0 saturated heterocycles. The van der Waals surface area contributed by atoms with Gasteiger partial charge >= 0.3 is 0 Å². The molecule has 0 amide bonds. The van der Waals surface area contributed by atoms with Crippen molar-refractivity contribution >= 4 is 0 Å². The number of nitrogens with one attached hydrogen (secondary N) is 1. The normalized spacial score (nSPS) is 13.2. The number of rotatable bonds is 5. The lowest BCUT2D eigenvalue weighted by molar-refractivity contribution is 0.183. The van der Waals surface area contributed by atoms with Crippen LogP contribution in [0.15, 0.2) is 6.20 Å². The smallest absolute Gasteiger partial charge is 0.0738 e. The second kappa shape index (κ2) is 4.94. The largest absolute Gasteiger partial charge is 0.393 e. The zero-order valence-electron chi connectivity index (χ0n) is 8.06. The first-order valence-corrected chi connectivity index (χ1v) is 4.42. The zero-order chi connectivity index (χ0) is 9.68. The standard InChI is InChI=1S/C8H16N4O/c1-7(13)3-4-9-5-8-6-10-11-12(8)2/h6-7,9,13H,3-5H2,1-2H3. The summed E-state index contributed by atoms with van der Waals surface area (Å²) < 4.78 is 1.73. The lowest BCUT2D eigenvalue weighted by Crippen LogP contribution is -2.20. The van der Waals surface area contributed by atoms with Gasteiger partial charge < -0.3 is 10.4 Å². The third kappa shape index (κ3) is 3.52. The van der Waals surface area contributed by atoms with Crippen LogP contribution in [0.2, 0.25) is 0 Å². The van der Waals surface area contributed by atoms with E-state index in [0.29, 0.717) is 0 Å². The highest BCUT2D eigenvalue weighted by Gasteiger charge is 1.99. The van der Waals surface area contributed by atoms with E-state index in [0.717, 1.165) is 25.2 Å². The first-order valence-electron chi connectivity index (χ1n) is 4.42. The fourth-order valence-corrected chi connectivity index (χ4v) is 0.998. The first-order chi connectivity index (χ1) is 6.20. The molecule has 1 aromatic rings. The van der Waals surface area contributed by atoms with Gasteiger partial charge in [0.15, 0.2) is 0 Å². The molecular weight excluding hydrogens is 168 g/mol. The van der Waals surface area contributed by atoms with Crippen LogP contribution in [0.3, 0.4) is 0 Å². The summed E-state index contributed by atoms with van der Waals surface area (Å²) in [6.45, 7) is 3.34. The van der Waals surface area contributed by atoms with Crippen molar-refractivity contribution in [1.82, 2.24) is 20.3 Å². The Bertz CT molecular complexity index is 246. The number of aliphatic hydroxyl groups is 1. The van der Waals surface area contributed by atoms with E-state index in [4.69, 9.17) is 5.11 Å². The van der Waals surface area contributed by atoms with E-state index in [2.05, 4.69) is 15.6 Å². The molecule has 0 spiro atoms. The van der Waals surface area contributed by atoms with E-state index in [1.807, 2.05) is 7.05 Å². The second-order valence-corrected chi connectivity index (χ2v) is 3.16. The molecule has 74 valence electrons. The number of aryl methyl sites for hydroxylation is 1. The summed E-state index contributed by atoms with van der Waals surface area (Å²) in [5, 5.41) is 19.8. The summed E-state index contributed by atoms with van der Waals surface area (Å²) in [6, 6.07) is 0. The molecular formula is C8H16N4O. The number of nitrogens with zero attached hydrogens (tertiary/aromatic N) is 3. The molecule has 0 aromatic carbocycles. The number of aromatic nitrogens is 3. The molecule has 1 unspecified atom stereocenters. The number of hydrogen-bond acceptors (Lipinski definition) is 4. The van der Waals surface area contributed by atoms with Crippen molar-refractivity contribution in [2.75, 3.05) is 6.54 Å². The summed E-state index contributed by atoms with van der Waals surface area (Å²) >= 11 is 0. The van der Waals surface area contributed by atoms with Crippen LogP contribution in [0.5, 0.6) is 0 Å². The Morgan fingerprint density at radius 2 is 2.46 bits per heavy atom. The Hall–Kier alpha value is -0.940. The maximum atomic E-state index is 8.99. The van der Waals surface area contributed by atoms with Crippen LogP contribution in [0.25, 0.3) is 0 Å². The van der Waals surface area contributed by atoms with Gasteiger partial charge in [-0.05, 0) is 19.9 Å². The SMILES string of the molecule is CC(O)CCNCc1cnnn1C. The minimum atomic E-state index is -0.239. The maximum absolute atomic E-state index is 8.99. The Balaban J connectivity index is 2.17. The van der Waals surface area contributed by atoms with E-state index in [9.17, 15) is 0 Å². The average molecular weight is 184 g/mol. The Morgan fingerprint density at radius 3 is 3.00 bits per heavy atom. The molecule has 0 aliphatic rings. The summed E-state index contributed by atoms with van der Waals surface area (Å²) in [7, 11) is 1.86. The third-order valence-electron chi connectivity index (χ3n) is 1.85. The third-order valence-corrected chi connectivity index (χ3v) is 1.85. The second-order valence-electron chi connectivity index (χ2n) is 3.16. The van der Waals surface area contributed by atoms with Crippen molar-refractivity contribution in [2.45, 2.75) is 26.0 Å².